The average Bonchev–Trinajstić information content (AvgIpc) is 2.24. The van der Waals surface area contributed by atoms with E-state index in [4.69, 9.17) is 4.74 Å². The second-order valence-corrected chi connectivity index (χ2v) is 4.58. The molecule has 0 aromatic rings. The summed E-state index contributed by atoms with van der Waals surface area (Å²) < 4.78 is 4.92. The van der Waals surface area contributed by atoms with Gasteiger partial charge < -0.3 is 4.74 Å². The van der Waals surface area contributed by atoms with Crippen LogP contribution < -0.4 is 0 Å². The molecule has 2 heteroatoms. The molecule has 1 atom stereocenters. The van der Waals surface area contributed by atoms with Gasteiger partial charge in [-0.1, -0.05) is 51.2 Å². The summed E-state index contributed by atoms with van der Waals surface area (Å²) in [6.07, 6.45) is 15.4. The maximum absolute atomic E-state index is 10.5. The van der Waals surface area contributed by atoms with Crippen LogP contribution in [0.5, 0.6) is 0 Å². The molecule has 0 aliphatic carbocycles. The predicted octanol–water partition coefficient (Wildman–Crippen LogP) is 4.00. The number of unbranched alkanes of at least 4 members (excludes halogenated alkanes) is 6. The molecule has 1 heterocycles. The Hall–Kier alpha value is -0.790. The highest BCUT2D eigenvalue weighted by molar-refractivity contribution is 5.75. The van der Waals surface area contributed by atoms with E-state index in [-0.39, 0.29) is 12.1 Å². The fourth-order valence-electron chi connectivity index (χ4n) is 1.90. The number of esters is 1. The van der Waals surface area contributed by atoms with E-state index in [9.17, 15) is 4.79 Å². The van der Waals surface area contributed by atoms with Gasteiger partial charge in [-0.25, -0.2) is 0 Å². The fourth-order valence-corrected chi connectivity index (χ4v) is 1.90. The first-order chi connectivity index (χ1) is 7.83. The van der Waals surface area contributed by atoms with Crippen molar-refractivity contribution in [3.63, 3.8) is 0 Å². The van der Waals surface area contributed by atoms with Crippen molar-refractivity contribution in [2.24, 2.45) is 0 Å². The monoisotopic (exact) mass is 224 g/mol. The lowest BCUT2D eigenvalue weighted by atomic mass is 10.1. The lowest BCUT2D eigenvalue weighted by Crippen LogP contribution is -2.31. The van der Waals surface area contributed by atoms with E-state index >= 15 is 0 Å². The Bertz CT molecular complexity index is 213. The number of hydrogen-bond acceptors (Lipinski definition) is 2. The predicted molar refractivity (Wildman–Crippen MR) is 66.2 cm³/mol. The summed E-state index contributed by atoms with van der Waals surface area (Å²) in [5.41, 5.74) is 0. The van der Waals surface area contributed by atoms with Gasteiger partial charge in [0.25, 0.3) is 0 Å². The smallest absolute Gasteiger partial charge is 0.309 e. The first kappa shape index (κ1) is 13.3. The number of carbonyl (C=O) groups excluding carboxylic acids is 1. The van der Waals surface area contributed by atoms with E-state index in [0.29, 0.717) is 6.42 Å². The molecular weight excluding hydrogens is 200 g/mol. The largest absolute Gasteiger partial charge is 0.461 e. The molecule has 0 bridgehead atoms. The molecule has 0 saturated carbocycles. The first-order valence-corrected chi connectivity index (χ1v) is 6.67. The quantitative estimate of drug-likeness (QED) is 0.336. The molecule has 2 nitrogen and oxygen atoms in total. The second-order valence-electron chi connectivity index (χ2n) is 4.58. The molecule has 1 saturated heterocycles. The molecular formula is C14H24O2. The molecule has 0 aromatic carbocycles. The zero-order valence-electron chi connectivity index (χ0n) is 10.4. The van der Waals surface area contributed by atoms with Crippen molar-refractivity contribution in [3.05, 3.63) is 12.2 Å². The molecule has 1 unspecified atom stereocenters. The van der Waals surface area contributed by atoms with Crippen molar-refractivity contribution in [2.45, 2.75) is 70.8 Å². The topological polar surface area (TPSA) is 26.3 Å². The van der Waals surface area contributed by atoms with Gasteiger partial charge in [0.15, 0.2) is 0 Å². The molecule has 1 aliphatic heterocycles. The minimum atomic E-state index is -0.0469. The van der Waals surface area contributed by atoms with E-state index in [0.717, 1.165) is 6.42 Å². The Balaban J connectivity index is 1.80. The van der Waals surface area contributed by atoms with Crippen LogP contribution in [0.4, 0.5) is 0 Å². The van der Waals surface area contributed by atoms with Crippen molar-refractivity contribution in [2.75, 3.05) is 0 Å². The molecule has 0 spiro atoms. The summed E-state index contributed by atoms with van der Waals surface area (Å²) in [6.45, 7) is 2.25. The molecule has 0 N–H and O–H groups in total. The molecule has 92 valence electrons. The van der Waals surface area contributed by atoms with Crippen molar-refractivity contribution >= 4 is 5.97 Å². The summed E-state index contributed by atoms with van der Waals surface area (Å²) in [5.74, 6) is -0.0469. The van der Waals surface area contributed by atoms with Gasteiger partial charge in [-0.15, -0.1) is 0 Å². The average molecular weight is 224 g/mol. The summed E-state index contributed by atoms with van der Waals surface area (Å²) >= 11 is 0. The van der Waals surface area contributed by atoms with E-state index in [1.54, 1.807) is 0 Å². The summed E-state index contributed by atoms with van der Waals surface area (Å²) in [5, 5.41) is 0. The van der Waals surface area contributed by atoms with Crippen molar-refractivity contribution in [1.29, 1.82) is 0 Å². The van der Waals surface area contributed by atoms with Gasteiger partial charge in [-0.2, -0.15) is 0 Å². The minimum Gasteiger partial charge on any atom is -0.461 e. The number of cyclic esters (lactones) is 1. The SMILES string of the molecule is CCCCCCCC/C=C\CC1CC(=O)O1. The Morgan fingerprint density at radius 1 is 1.19 bits per heavy atom. The van der Waals surface area contributed by atoms with Gasteiger partial charge >= 0.3 is 5.97 Å². The normalized spacial score (nSPS) is 19.8. The van der Waals surface area contributed by atoms with Crippen LogP contribution in [0, 0.1) is 0 Å². The van der Waals surface area contributed by atoms with Crippen molar-refractivity contribution in [1.82, 2.24) is 0 Å². The van der Waals surface area contributed by atoms with E-state index < -0.39 is 0 Å². The Morgan fingerprint density at radius 2 is 1.88 bits per heavy atom. The first-order valence-electron chi connectivity index (χ1n) is 6.67. The van der Waals surface area contributed by atoms with Crippen LogP contribution in [0.1, 0.15) is 64.7 Å². The molecule has 0 aromatic heterocycles. The van der Waals surface area contributed by atoms with Gasteiger partial charge in [0.2, 0.25) is 0 Å². The van der Waals surface area contributed by atoms with E-state index in [1.807, 2.05) is 0 Å². The molecule has 0 radical (unpaired) electrons. The van der Waals surface area contributed by atoms with Crippen LogP contribution in [0.15, 0.2) is 12.2 Å². The van der Waals surface area contributed by atoms with Gasteiger partial charge in [0.05, 0.1) is 6.42 Å². The lowest BCUT2D eigenvalue weighted by Gasteiger charge is -2.23. The molecule has 1 fully saturated rings. The second kappa shape index (κ2) is 8.37. The highest BCUT2D eigenvalue weighted by Crippen LogP contribution is 2.17. The zero-order valence-corrected chi connectivity index (χ0v) is 10.4. The molecule has 0 amide bonds. The van der Waals surface area contributed by atoms with E-state index in [1.165, 1.54) is 44.9 Å². The van der Waals surface area contributed by atoms with Crippen molar-refractivity contribution in [3.8, 4) is 0 Å². The van der Waals surface area contributed by atoms with Crippen molar-refractivity contribution < 1.29 is 9.53 Å². The Kier molecular flexibility index (Phi) is 6.95. The zero-order chi connectivity index (χ0) is 11.6. The Morgan fingerprint density at radius 3 is 2.56 bits per heavy atom. The number of rotatable bonds is 9. The number of allylic oxidation sites excluding steroid dienone is 1. The van der Waals surface area contributed by atoms with Crippen LogP contribution in [0.25, 0.3) is 0 Å². The maximum atomic E-state index is 10.5. The molecule has 16 heavy (non-hydrogen) atoms. The number of ether oxygens (including phenoxy) is 1. The highest BCUT2D eigenvalue weighted by atomic mass is 16.6. The third-order valence-corrected chi connectivity index (χ3v) is 2.98. The number of hydrogen-bond donors (Lipinski definition) is 0. The fraction of sp³-hybridized carbons (Fsp3) is 0.786. The Labute approximate surface area is 99.1 Å². The van der Waals surface area contributed by atoms with Crippen LogP contribution in [-0.4, -0.2) is 12.1 Å². The lowest BCUT2D eigenvalue weighted by molar-refractivity contribution is -0.168. The molecule has 1 aliphatic rings. The standard InChI is InChI=1S/C14H24O2/c1-2-3-4-5-6-7-8-9-10-11-13-12-14(15)16-13/h9-10,13H,2-8,11-12H2,1H3/b10-9-. The summed E-state index contributed by atoms with van der Waals surface area (Å²) in [6, 6.07) is 0. The van der Waals surface area contributed by atoms with E-state index in [2.05, 4.69) is 19.1 Å². The number of carbonyl (C=O) groups is 1. The maximum Gasteiger partial charge on any atom is 0.309 e. The van der Waals surface area contributed by atoms with Gasteiger partial charge in [0.1, 0.15) is 6.10 Å². The van der Waals surface area contributed by atoms with Crippen LogP contribution in [-0.2, 0) is 9.53 Å². The summed E-state index contributed by atoms with van der Waals surface area (Å²) in [7, 11) is 0. The highest BCUT2D eigenvalue weighted by Gasteiger charge is 2.26. The van der Waals surface area contributed by atoms with Gasteiger partial charge in [0, 0.05) is 6.42 Å². The minimum absolute atomic E-state index is 0.0469. The third-order valence-electron chi connectivity index (χ3n) is 2.98. The third kappa shape index (κ3) is 5.94. The van der Waals surface area contributed by atoms with Crippen LogP contribution in [0.3, 0.4) is 0 Å². The summed E-state index contributed by atoms with van der Waals surface area (Å²) in [4.78, 5) is 10.5. The van der Waals surface area contributed by atoms with Gasteiger partial charge in [-0.3, -0.25) is 4.79 Å². The molecule has 1 rings (SSSR count). The van der Waals surface area contributed by atoms with Gasteiger partial charge in [-0.05, 0) is 12.8 Å². The van der Waals surface area contributed by atoms with Crippen LogP contribution in [0.2, 0.25) is 0 Å². The van der Waals surface area contributed by atoms with Crippen LogP contribution >= 0.6 is 0 Å².